The summed E-state index contributed by atoms with van der Waals surface area (Å²) in [5, 5.41) is 0. The molecule has 2 nitrogen and oxygen atoms in total. The molecule has 0 saturated carbocycles. The Morgan fingerprint density at radius 1 is 0.778 bits per heavy atom. The largest absolute Gasteiger partial charge is 0.501 e. The Bertz CT molecular complexity index is 133. The van der Waals surface area contributed by atoms with Crippen molar-refractivity contribution in [2.24, 2.45) is 11.8 Å². The molecule has 2 rings (SSSR count). The molecule has 2 heteroatoms. The monoisotopic (exact) mass is 258 g/mol. The van der Waals surface area contributed by atoms with Crippen LogP contribution >= 0.6 is 0 Å². The van der Waals surface area contributed by atoms with Crippen molar-refractivity contribution in [1.29, 1.82) is 0 Å². The Labute approximate surface area is 115 Å². The van der Waals surface area contributed by atoms with Gasteiger partial charge in [0.15, 0.2) is 0 Å². The minimum Gasteiger partial charge on any atom is -0.501 e. The molecule has 0 spiro atoms. The highest BCUT2D eigenvalue weighted by molar-refractivity contribution is 4.78. The predicted molar refractivity (Wildman–Crippen MR) is 80.8 cm³/mol. The summed E-state index contributed by atoms with van der Waals surface area (Å²) < 4.78 is 9.71. The molecular weight excluding hydrogens is 224 g/mol. The average molecular weight is 258 g/mol. The molecule has 0 atom stereocenters. The molecule has 2 aliphatic rings. The highest BCUT2D eigenvalue weighted by Crippen LogP contribution is 1.98. The number of hydrogen-bond acceptors (Lipinski definition) is 2. The summed E-state index contributed by atoms with van der Waals surface area (Å²) >= 11 is 0. The maximum absolute atomic E-state index is 4.94. The zero-order valence-corrected chi connectivity index (χ0v) is 13.4. The first-order valence-electron chi connectivity index (χ1n) is 7.31. The van der Waals surface area contributed by atoms with Crippen LogP contribution in [0.2, 0.25) is 0 Å². The van der Waals surface area contributed by atoms with Crippen molar-refractivity contribution < 1.29 is 9.47 Å². The molecule has 0 amide bonds. The van der Waals surface area contributed by atoms with Crippen LogP contribution in [-0.2, 0) is 9.47 Å². The third-order valence-corrected chi connectivity index (χ3v) is 1.42. The van der Waals surface area contributed by atoms with Gasteiger partial charge in [-0.3, -0.25) is 0 Å². The highest BCUT2D eigenvalue weighted by atomic mass is 16.5. The summed E-state index contributed by atoms with van der Waals surface area (Å²) in [7, 11) is 0. The van der Waals surface area contributed by atoms with Gasteiger partial charge < -0.3 is 9.47 Å². The van der Waals surface area contributed by atoms with Gasteiger partial charge in [0.05, 0.1) is 12.9 Å². The molecule has 0 aromatic heterocycles. The summed E-state index contributed by atoms with van der Waals surface area (Å²) in [6, 6.07) is 0. The van der Waals surface area contributed by atoms with Gasteiger partial charge in [-0.25, -0.2) is 0 Å². The number of rotatable bonds is 0. The van der Waals surface area contributed by atoms with E-state index in [4.69, 9.17) is 9.47 Å². The van der Waals surface area contributed by atoms with Gasteiger partial charge in [-0.1, -0.05) is 41.5 Å². The van der Waals surface area contributed by atoms with Crippen LogP contribution < -0.4 is 0 Å². The van der Waals surface area contributed by atoms with Crippen LogP contribution in [0, 0.1) is 11.8 Å². The molecule has 0 unspecified atom stereocenters. The van der Waals surface area contributed by atoms with E-state index in [1.165, 1.54) is 12.8 Å². The van der Waals surface area contributed by atoms with Crippen molar-refractivity contribution in [3.8, 4) is 0 Å². The van der Waals surface area contributed by atoms with E-state index in [-0.39, 0.29) is 0 Å². The van der Waals surface area contributed by atoms with Crippen LogP contribution in [0.1, 0.15) is 60.8 Å². The normalized spacial score (nSPS) is 16.0. The molecule has 2 aliphatic heterocycles. The molecule has 1 saturated heterocycles. The molecule has 0 aliphatic carbocycles. The van der Waals surface area contributed by atoms with Gasteiger partial charge in [0.2, 0.25) is 0 Å². The van der Waals surface area contributed by atoms with Gasteiger partial charge in [0.25, 0.3) is 0 Å². The van der Waals surface area contributed by atoms with Crippen molar-refractivity contribution >= 4 is 0 Å². The maximum atomic E-state index is 4.94. The molecule has 18 heavy (non-hydrogen) atoms. The van der Waals surface area contributed by atoms with E-state index in [0.717, 1.165) is 38.1 Å². The molecule has 0 bridgehead atoms. The fraction of sp³-hybridized carbons (Fsp3) is 0.875. The van der Waals surface area contributed by atoms with E-state index in [2.05, 4.69) is 41.5 Å². The molecule has 2 heterocycles. The number of ether oxygens (including phenoxy) is 2. The quantitative estimate of drug-likeness (QED) is 0.606. The lowest BCUT2D eigenvalue weighted by Gasteiger charge is -1.79. The Balaban J connectivity index is 0. The van der Waals surface area contributed by atoms with Gasteiger partial charge in [-0.15, -0.1) is 0 Å². The number of hydrogen-bond donors (Lipinski definition) is 0. The Hall–Kier alpha value is -0.500. The summed E-state index contributed by atoms with van der Waals surface area (Å²) in [4.78, 5) is 0. The summed E-state index contributed by atoms with van der Waals surface area (Å²) in [6.07, 6.45) is 7.40. The van der Waals surface area contributed by atoms with Crippen LogP contribution in [0.15, 0.2) is 12.3 Å². The molecule has 0 aromatic rings. The van der Waals surface area contributed by atoms with Gasteiger partial charge in [-0.2, -0.15) is 0 Å². The Morgan fingerprint density at radius 3 is 1.33 bits per heavy atom. The van der Waals surface area contributed by atoms with Crippen molar-refractivity contribution in [2.75, 3.05) is 19.8 Å². The first-order chi connectivity index (χ1) is 8.46. The summed E-state index contributed by atoms with van der Waals surface area (Å²) in [6.45, 7) is 15.9. The van der Waals surface area contributed by atoms with Crippen molar-refractivity contribution in [3.05, 3.63) is 12.3 Å². The second-order valence-electron chi connectivity index (χ2n) is 5.81. The SMILES string of the molecule is C1=COCC1.C1CCOC1.CC(C)C.CC(C)C. The fourth-order valence-electron chi connectivity index (χ4n) is 0.851. The molecule has 0 radical (unpaired) electrons. The average Bonchev–Trinajstić information content (AvgIpc) is 2.96. The molecular formula is C16H34O2. The lowest BCUT2D eigenvalue weighted by Crippen LogP contribution is -1.74. The van der Waals surface area contributed by atoms with Crippen LogP contribution in [0.3, 0.4) is 0 Å². The third kappa shape index (κ3) is 36.1. The summed E-state index contributed by atoms with van der Waals surface area (Å²) in [5.74, 6) is 1.67. The third-order valence-electron chi connectivity index (χ3n) is 1.42. The standard InChI is InChI=1S/C4H8O.C4H6O.2C4H10/c2*1-2-4-5-3-1;2*1-4(2)3/h1-4H2;1,3H,2,4H2;2*4H,1-3H3. The van der Waals surface area contributed by atoms with E-state index in [1.54, 1.807) is 6.26 Å². The van der Waals surface area contributed by atoms with Crippen LogP contribution in [0.25, 0.3) is 0 Å². The smallest absolute Gasteiger partial charge is 0.0908 e. The second kappa shape index (κ2) is 16.5. The zero-order valence-electron chi connectivity index (χ0n) is 13.4. The van der Waals surface area contributed by atoms with E-state index in [1.807, 2.05) is 6.08 Å². The minimum atomic E-state index is 0.833. The Kier molecular flexibility index (Phi) is 18.2. The second-order valence-corrected chi connectivity index (χ2v) is 5.81. The first kappa shape index (κ1) is 19.8. The van der Waals surface area contributed by atoms with Crippen LogP contribution in [0.5, 0.6) is 0 Å². The van der Waals surface area contributed by atoms with Crippen LogP contribution in [0.4, 0.5) is 0 Å². The zero-order chi connectivity index (χ0) is 14.2. The minimum absolute atomic E-state index is 0.833. The van der Waals surface area contributed by atoms with E-state index < -0.39 is 0 Å². The maximum Gasteiger partial charge on any atom is 0.0908 e. The topological polar surface area (TPSA) is 18.5 Å². The molecule has 1 fully saturated rings. The molecule has 0 aromatic carbocycles. The van der Waals surface area contributed by atoms with E-state index in [0.29, 0.717) is 0 Å². The van der Waals surface area contributed by atoms with Gasteiger partial charge in [0.1, 0.15) is 0 Å². The van der Waals surface area contributed by atoms with E-state index in [9.17, 15) is 0 Å². The van der Waals surface area contributed by atoms with Crippen molar-refractivity contribution in [2.45, 2.75) is 60.8 Å². The van der Waals surface area contributed by atoms with Crippen molar-refractivity contribution in [1.82, 2.24) is 0 Å². The lowest BCUT2D eigenvalue weighted by molar-refractivity contribution is 0.198. The van der Waals surface area contributed by atoms with E-state index >= 15 is 0 Å². The van der Waals surface area contributed by atoms with Crippen LogP contribution in [-0.4, -0.2) is 19.8 Å². The molecule has 0 N–H and O–H groups in total. The van der Waals surface area contributed by atoms with Crippen molar-refractivity contribution in [3.63, 3.8) is 0 Å². The summed E-state index contributed by atoms with van der Waals surface area (Å²) in [5.41, 5.74) is 0. The predicted octanol–water partition coefficient (Wildman–Crippen LogP) is 5.04. The highest BCUT2D eigenvalue weighted by Gasteiger charge is 1.94. The Morgan fingerprint density at radius 2 is 1.22 bits per heavy atom. The van der Waals surface area contributed by atoms with Gasteiger partial charge in [0, 0.05) is 19.6 Å². The first-order valence-corrected chi connectivity index (χ1v) is 7.31. The molecule has 110 valence electrons. The fourth-order valence-corrected chi connectivity index (χ4v) is 0.851. The van der Waals surface area contributed by atoms with Gasteiger partial charge >= 0.3 is 0 Å². The lowest BCUT2D eigenvalue weighted by atomic mass is 10.3. The van der Waals surface area contributed by atoms with Gasteiger partial charge in [-0.05, 0) is 30.8 Å².